The molecule has 0 aromatic heterocycles. The van der Waals surface area contributed by atoms with Gasteiger partial charge in [0.15, 0.2) is 0 Å². The van der Waals surface area contributed by atoms with E-state index in [1.807, 2.05) is 0 Å². The molecule has 0 aliphatic heterocycles. The van der Waals surface area contributed by atoms with E-state index in [0.29, 0.717) is 0 Å². The van der Waals surface area contributed by atoms with Gasteiger partial charge < -0.3 is 21.9 Å². The number of carbonyl (C=O) groups is 4. The van der Waals surface area contributed by atoms with Crippen LogP contribution >= 0.6 is 0 Å². The minimum atomic E-state index is -0.951. The van der Waals surface area contributed by atoms with E-state index in [9.17, 15) is 19.2 Å². The fourth-order valence-corrected chi connectivity index (χ4v) is 4.92. The summed E-state index contributed by atoms with van der Waals surface area (Å²) >= 11 is 0. The second-order valence-corrected chi connectivity index (χ2v) is 9.38. The SMILES string of the molecule is O=C(O)CN(CC(=O)O)C1CCCCCCC1.O=C(O)CN(CC(=O)O)C1CCCCCCC1.[Co+2].[H-].[Na+]. The number of nitrogens with zero attached hydrogens (tertiary/aromatic N) is 2. The summed E-state index contributed by atoms with van der Waals surface area (Å²) in [7, 11) is 0. The fraction of sp³-hybridized carbons (Fsp3) is 0.833. The van der Waals surface area contributed by atoms with Gasteiger partial charge in [0.05, 0.1) is 26.2 Å². The third-order valence-corrected chi connectivity index (χ3v) is 6.54. The number of rotatable bonds is 10. The van der Waals surface area contributed by atoms with Crippen LogP contribution in [-0.4, -0.2) is 92.4 Å². The maximum absolute atomic E-state index is 10.8. The number of carboxylic acid groups (broad SMARTS) is 4. The van der Waals surface area contributed by atoms with Crippen LogP contribution in [0.4, 0.5) is 0 Å². The van der Waals surface area contributed by atoms with Crippen LogP contribution in [0, 0.1) is 0 Å². The second kappa shape index (κ2) is 22.3. The number of hydrogen-bond donors (Lipinski definition) is 4. The van der Waals surface area contributed by atoms with E-state index < -0.39 is 23.9 Å². The Labute approximate surface area is 248 Å². The Morgan fingerprint density at radius 3 is 0.889 bits per heavy atom. The molecule has 0 bridgehead atoms. The van der Waals surface area contributed by atoms with Gasteiger partial charge in [0.1, 0.15) is 0 Å². The number of carboxylic acids is 4. The number of hydrogen-bond acceptors (Lipinski definition) is 6. The fourth-order valence-electron chi connectivity index (χ4n) is 4.92. The summed E-state index contributed by atoms with van der Waals surface area (Å²) in [5, 5.41) is 35.3. The van der Waals surface area contributed by atoms with Crippen molar-refractivity contribution in [2.75, 3.05) is 26.2 Å². The first kappa shape index (κ1) is 37.5. The van der Waals surface area contributed by atoms with Crippen molar-refractivity contribution in [2.24, 2.45) is 0 Å². The first-order chi connectivity index (χ1) is 16.2. The molecule has 0 heterocycles. The molecule has 2 fully saturated rings. The Morgan fingerprint density at radius 2 is 0.694 bits per heavy atom. The Kier molecular flexibility index (Phi) is 23.2. The van der Waals surface area contributed by atoms with Crippen molar-refractivity contribution in [3.8, 4) is 0 Å². The van der Waals surface area contributed by atoms with Crippen molar-refractivity contribution in [1.82, 2.24) is 9.80 Å². The molecule has 205 valence electrons. The molecular formula is C24H43CoN2NaO8+2. The predicted octanol–water partition coefficient (Wildman–Crippen LogP) is 0.255. The van der Waals surface area contributed by atoms with Crippen molar-refractivity contribution in [2.45, 2.75) is 102 Å². The molecule has 2 aliphatic rings. The average molecular weight is 570 g/mol. The summed E-state index contributed by atoms with van der Waals surface area (Å²) in [5.41, 5.74) is 0. The largest absolute Gasteiger partial charge is 2.00 e. The zero-order chi connectivity index (χ0) is 25.3. The molecule has 12 heteroatoms. The molecule has 10 nitrogen and oxygen atoms in total. The van der Waals surface area contributed by atoms with E-state index >= 15 is 0 Å². The van der Waals surface area contributed by atoms with Crippen molar-refractivity contribution in [3.05, 3.63) is 0 Å². The second-order valence-electron chi connectivity index (χ2n) is 9.38. The van der Waals surface area contributed by atoms with Gasteiger partial charge in [0, 0.05) is 12.1 Å². The Morgan fingerprint density at radius 1 is 0.500 bits per heavy atom. The first-order valence-corrected chi connectivity index (χ1v) is 12.5. The van der Waals surface area contributed by atoms with Gasteiger partial charge in [-0.3, -0.25) is 29.0 Å². The standard InChI is InChI=1S/2C12H21NO4.Co.Na.H/c2*14-11(15)8-13(9-12(16)17)10-6-4-2-1-3-5-7-10;;;/h2*10H,1-9H2,(H,14,15)(H,16,17);;;/q;;+2;+1;-1. The molecule has 0 aromatic carbocycles. The van der Waals surface area contributed by atoms with Gasteiger partial charge in [0.2, 0.25) is 0 Å². The van der Waals surface area contributed by atoms with Crippen molar-refractivity contribution in [3.63, 3.8) is 0 Å². The maximum Gasteiger partial charge on any atom is 2.00 e. The van der Waals surface area contributed by atoms with Gasteiger partial charge in [-0.2, -0.15) is 0 Å². The van der Waals surface area contributed by atoms with E-state index in [1.54, 1.807) is 9.80 Å². The third-order valence-electron chi connectivity index (χ3n) is 6.54. The Balaban J connectivity index is -0.000000578. The molecule has 2 rings (SSSR count). The molecule has 2 aliphatic carbocycles. The van der Waals surface area contributed by atoms with E-state index in [0.717, 1.165) is 51.4 Å². The summed E-state index contributed by atoms with van der Waals surface area (Å²) in [6.45, 7) is -0.679. The molecule has 2 saturated carbocycles. The van der Waals surface area contributed by atoms with Gasteiger partial charge in [-0.1, -0.05) is 64.2 Å². The van der Waals surface area contributed by atoms with E-state index in [2.05, 4.69) is 0 Å². The molecule has 0 saturated heterocycles. The van der Waals surface area contributed by atoms with Crippen LogP contribution in [0.25, 0.3) is 0 Å². The molecule has 36 heavy (non-hydrogen) atoms. The van der Waals surface area contributed by atoms with Gasteiger partial charge in [-0.15, -0.1) is 0 Å². The van der Waals surface area contributed by atoms with Crippen LogP contribution < -0.4 is 29.6 Å². The van der Waals surface area contributed by atoms with Crippen LogP contribution in [0.3, 0.4) is 0 Å². The van der Waals surface area contributed by atoms with Gasteiger partial charge in [0.25, 0.3) is 0 Å². The molecule has 4 N–H and O–H groups in total. The zero-order valence-electron chi connectivity index (χ0n) is 22.5. The van der Waals surface area contributed by atoms with Crippen LogP contribution in [0.2, 0.25) is 0 Å². The Hall–Kier alpha value is -0.694. The van der Waals surface area contributed by atoms with Crippen LogP contribution in [-0.2, 0) is 36.0 Å². The topological polar surface area (TPSA) is 156 Å². The van der Waals surface area contributed by atoms with E-state index in [4.69, 9.17) is 20.4 Å². The quantitative estimate of drug-likeness (QED) is 0.269. The minimum Gasteiger partial charge on any atom is -1.00 e. The molecule has 0 unspecified atom stereocenters. The van der Waals surface area contributed by atoms with Gasteiger partial charge in [-0.25, -0.2) is 0 Å². The number of aliphatic carboxylic acids is 4. The molecule has 0 amide bonds. The van der Waals surface area contributed by atoms with Crippen molar-refractivity contribution >= 4 is 23.9 Å². The molecule has 1 radical (unpaired) electrons. The van der Waals surface area contributed by atoms with E-state index in [-0.39, 0.29) is 86.0 Å². The van der Waals surface area contributed by atoms with Crippen molar-refractivity contribution in [1.29, 1.82) is 0 Å². The minimum absolute atomic E-state index is 0. The summed E-state index contributed by atoms with van der Waals surface area (Å²) in [6.07, 6.45) is 15.1. The van der Waals surface area contributed by atoms with Gasteiger partial charge in [-0.05, 0) is 25.7 Å². The summed E-state index contributed by atoms with van der Waals surface area (Å²) in [6, 6.07) is 0.227. The Bertz CT molecular complexity index is 560. The van der Waals surface area contributed by atoms with Gasteiger partial charge >= 0.3 is 70.2 Å². The molecular weight excluding hydrogens is 526 g/mol. The molecule has 0 aromatic rings. The average Bonchev–Trinajstić information content (AvgIpc) is 2.65. The van der Waals surface area contributed by atoms with Crippen LogP contribution in [0.1, 0.15) is 91.3 Å². The smallest absolute Gasteiger partial charge is 1.00 e. The molecule has 0 atom stereocenters. The molecule has 0 spiro atoms. The van der Waals surface area contributed by atoms with Crippen molar-refractivity contribution < 1.29 is 87.4 Å². The monoisotopic (exact) mass is 569 g/mol. The first-order valence-electron chi connectivity index (χ1n) is 12.5. The normalized spacial score (nSPS) is 17.6. The summed E-state index contributed by atoms with van der Waals surface area (Å²) in [4.78, 5) is 46.2. The van der Waals surface area contributed by atoms with Crippen LogP contribution in [0.15, 0.2) is 0 Å². The van der Waals surface area contributed by atoms with Crippen LogP contribution in [0.5, 0.6) is 0 Å². The summed E-state index contributed by atoms with van der Waals surface area (Å²) in [5.74, 6) is -3.80. The maximum atomic E-state index is 10.8. The van der Waals surface area contributed by atoms with E-state index in [1.165, 1.54) is 38.5 Å². The summed E-state index contributed by atoms with van der Waals surface area (Å²) < 4.78 is 0. The third kappa shape index (κ3) is 18.5. The predicted molar refractivity (Wildman–Crippen MR) is 127 cm³/mol. The zero-order valence-corrected chi connectivity index (χ0v) is 24.6.